The monoisotopic (exact) mass is 415 g/mol. The number of hydrogen-bond donors (Lipinski definition) is 0. The maximum absolute atomic E-state index is 12.8. The molecule has 0 saturated heterocycles. The van der Waals surface area contributed by atoms with E-state index in [-0.39, 0.29) is 5.91 Å². The maximum atomic E-state index is 12.8. The van der Waals surface area contributed by atoms with E-state index in [0.29, 0.717) is 37.0 Å². The van der Waals surface area contributed by atoms with Crippen molar-refractivity contribution in [2.75, 3.05) is 27.4 Å². The van der Waals surface area contributed by atoms with Crippen LogP contribution in [0, 0.1) is 0 Å². The molecule has 0 aliphatic carbocycles. The SMILES string of the molecule is COc1cc(/C=C/C(=O)N(C)Cc2ccccc2-c2ccccc2)cc2c1OCCO2. The number of nitrogens with zero attached hydrogens (tertiary/aromatic N) is 1. The molecule has 1 aliphatic heterocycles. The van der Waals surface area contributed by atoms with Crippen LogP contribution in [0.15, 0.2) is 72.8 Å². The summed E-state index contributed by atoms with van der Waals surface area (Å²) >= 11 is 0. The zero-order valence-electron chi connectivity index (χ0n) is 17.7. The second-order valence-corrected chi connectivity index (χ2v) is 7.30. The lowest BCUT2D eigenvalue weighted by Crippen LogP contribution is -2.24. The number of benzene rings is 3. The fraction of sp³-hybridized carbons (Fsp3) is 0.192. The van der Waals surface area contributed by atoms with Gasteiger partial charge in [0.1, 0.15) is 13.2 Å². The van der Waals surface area contributed by atoms with Crippen molar-refractivity contribution in [3.8, 4) is 28.4 Å². The van der Waals surface area contributed by atoms with Crippen LogP contribution in [0.4, 0.5) is 0 Å². The first-order valence-corrected chi connectivity index (χ1v) is 10.2. The smallest absolute Gasteiger partial charge is 0.246 e. The van der Waals surface area contributed by atoms with Crippen LogP contribution >= 0.6 is 0 Å². The predicted octanol–water partition coefficient (Wildman–Crippen LogP) is 4.81. The van der Waals surface area contributed by atoms with Crippen LogP contribution in [-0.4, -0.2) is 38.2 Å². The summed E-state index contributed by atoms with van der Waals surface area (Å²) in [6, 6.07) is 22.0. The highest BCUT2D eigenvalue weighted by Gasteiger charge is 2.18. The third-order valence-electron chi connectivity index (χ3n) is 5.15. The van der Waals surface area contributed by atoms with Gasteiger partial charge in [0.2, 0.25) is 11.7 Å². The second-order valence-electron chi connectivity index (χ2n) is 7.30. The number of methoxy groups -OCH3 is 1. The molecule has 0 unspecified atom stereocenters. The van der Waals surface area contributed by atoms with Crippen LogP contribution in [0.5, 0.6) is 17.2 Å². The molecule has 158 valence electrons. The molecule has 0 atom stereocenters. The summed E-state index contributed by atoms with van der Waals surface area (Å²) in [5.41, 5.74) is 4.17. The highest BCUT2D eigenvalue weighted by Crippen LogP contribution is 2.40. The van der Waals surface area contributed by atoms with Gasteiger partial charge in [-0.3, -0.25) is 4.79 Å². The van der Waals surface area contributed by atoms with E-state index in [0.717, 1.165) is 22.3 Å². The molecular weight excluding hydrogens is 390 g/mol. The van der Waals surface area contributed by atoms with Gasteiger partial charge < -0.3 is 19.1 Å². The van der Waals surface area contributed by atoms with Crippen molar-refractivity contribution in [3.05, 3.63) is 83.9 Å². The van der Waals surface area contributed by atoms with Gasteiger partial charge in [0, 0.05) is 19.7 Å². The summed E-state index contributed by atoms with van der Waals surface area (Å²) in [6.07, 6.45) is 3.33. The summed E-state index contributed by atoms with van der Waals surface area (Å²) in [5.74, 6) is 1.74. The summed E-state index contributed by atoms with van der Waals surface area (Å²) < 4.78 is 16.7. The lowest BCUT2D eigenvalue weighted by Gasteiger charge is -2.21. The average Bonchev–Trinajstić information content (AvgIpc) is 2.82. The Morgan fingerprint density at radius 1 is 1.03 bits per heavy atom. The molecule has 0 spiro atoms. The Bertz CT molecular complexity index is 1070. The van der Waals surface area contributed by atoms with Crippen LogP contribution in [0.1, 0.15) is 11.1 Å². The lowest BCUT2D eigenvalue weighted by molar-refractivity contribution is -0.125. The van der Waals surface area contributed by atoms with Crippen molar-refractivity contribution in [1.29, 1.82) is 0 Å². The van der Waals surface area contributed by atoms with Gasteiger partial charge in [-0.25, -0.2) is 0 Å². The Morgan fingerprint density at radius 3 is 2.58 bits per heavy atom. The van der Waals surface area contributed by atoms with Crippen molar-refractivity contribution in [2.45, 2.75) is 6.54 Å². The third-order valence-corrected chi connectivity index (χ3v) is 5.15. The van der Waals surface area contributed by atoms with Crippen LogP contribution in [0.3, 0.4) is 0 Å². The van der Waals surface area contributed by atoms with E-state index in [1.54, 1.807) is 31.2 Å². The number of carbonyl (C=O) groups excluding carboxylic acids is 1. The molecular formula is C26H25NO4. The summed E-state index contributed by atoms with van der Waals surface area (Å²) in [7, 11) is 3.39. The summed E-state index contributed by atoms with van der Waals surface area (Å²) in [4.78, 5) is 14.5. The molecule has 4 rings (SSSR count). The first-order valence-electron chi connectivity index (χ1n) is 10.2. The zero-order chi connectivity index (χ0) is 21.6. The molecule has 3 aromatic rings. The quantitative estimate of drug-likeness (QED) is 0.543. The minimum Gasteiger partial charge on any atom is -0.493 e. The molecule has 5 nitrogen and oxygen atoms in total. The summed E-state index contributed by atoms with van der Waals surface area (Å²) in [5, 5.41) is 0. The number of ether oxygens (including phenoxy) is 3. The Kier molecular flexibility index (Phi) is 6.22. The first kappa shape index (κ1) is 20.5. The van der Waals surface area contributed by atoms with E-state index in [9.17, 15) is 4.79 Å². The van der Waals surface area contributed by atoms with Gasteiger partial charge in [0.25, 0.3) is 0 Å². The molecule has 0 radical (unpaired) electrons. The van der Waals surface area contributed by atoms with E-state index in [1.807, 2.05) is 42.5 Å². The van der Waals surface area contributed by atoms with E-state index in [4.69, 9.17) is 14.2 Å². The normalized spacial score (nSPS) is 12.6. The fourth-order valence-corrected chi connectivity index (χ4v) is 3.58. The number of amides is 1. The number of fused-ring (bicyclic) bond motifs is 1. The molecule has 0 bridgehead atoms. The minimum absolute atomic E-state index is 0.0864. The van der Waals surface area contributed by atoms with Gasteiger partial charge >= 0.3 is 0 Å². The molecule has 0 fully saturated rings. The maximum Gasteiger partial charge on any atom is 0.246 e. The summed E-state index contributed by atoms with van der Waals surface area (Å²) in [6.45, 7) is 1.50. The van der Waals surface area contributed by atoms with E-state index >= 15 is 0 Å². The molecule has 5 heteroatoms. The minimum atomic E-state index is -0.0864. The number of hydrogen-bond acceptors (Lipinski definition) is 4. The van der Waals surface area contributed by atoms with Crippen LogP contribution in [-0.2, 0) is 11.3 Å². The molecule has 31 heavy (non-hydrogen) atoms. The van der Waals surface area contributed by atoms with E-state index in [1.165, 1.54) is 0 Å². The van der Waals surface area contributed by atoms with E-state index < -0.39 is 0 Å². The van der Waals surface area contributed by atoms with Crippen LogP contribution in [0.2, 0.25) is 0 Å². The molecule has 0 N–H and O–H groups in total. The van der Waals surface area contributed by atoms with Gasteiger partial charge in [-0.15, -0.1) is 0 Å². The van der Waals surface area contributed by atoms with Gasteiger partial charge in [-0.05, 0) is 40.5 Å². The second kappa shape index (κ2) is 9.39. The molecule has 0 saturated carbocycles. The number of rotatable bonds is 6. The Morgan fingerprint density at radius 2 is 1.77 bits per heavy atom. The van der Waals surface area contributed by atoms with E-state index in [2.05, 4.69) is 24.3 Å². The van der Waals surface area contributed by atoms with Crippen molar-refractivity contribution >= 4 is 12.0 Å². The van der Waals surface area contributed by atoms with Crippen molar-refractivity contribution in [1.82, 2.24) is 4.90 Å². The number of likely N-dealkylation sites (N-methyl/N-ethyl adjacent to an activating group) is 1. The van der Waals surface area contributed by atoms with Gasteiger partial charge in [0.15, 0.2) is 11.5 Å². The topological polar surface area (TPSA) is 48.0 Å². The average molecular weight is 415 g/mol. The Hall–Kier alpha value is -3.73. The van der Waals surface area contributed by atoms with Gasteiger partial charge in [-0.2, -0.15) is 0 Å². The van der Waals surface area contributed by atoms with Crippen molar-refractivity contribution in [2.24, 2.45) is 0 Å². The Balaban J connectivity index is 1.50. The number of carbonyl (C=O) groups is 1. The third kappa shape index (κ3) is 4.72. The molecule has 1 heterocycles. The van der Waals surface area contributed by atoms with Gasteiger partial charge in [-0.1, -0.05) is 54.6 Å². The highest BCUT2D eigenvalue weighted by atomic mass is 16.6. The lowest BCUT2D eigenvalue weighted by atomic mass is 9.99. The van der Waals surface area contributed by atoms with Crippen molar-refractivity contribution < 1.29 is 19.0 Å². The largest absolute Gasteiger partial charge is 0.493 e. The predicted molar refractivity (Wildman–Crippen MR) is 121 cm³/mol. The highest BCUT2D eigenvalue weighted by molar-refractivity contribution is 5.92. The Labute approximate surface area is 182 Å². The van der Waals surface area contributed by atoms with Crippen LogP contribution < -0.4 is 14.2 Å². The molecule has 1 aliphatic rings. The fourth-order valence-electron chi connectivity index (χ4n) is 3.58. The standard InChI is InChI=1S/C26H25NO4/c1-27(18-21-10-6-7-11-22(21)20-8-4-3-5-9-20)25(28)13-12-19-16-23(29-2)26-24(17-19)30-14-15-31-26/h3-13,16-17H,14-15,18H2,1-2H3/b13-12+. The molecule has 1 amide bonds. The zero-order valence-corrected chi connectivity index (χ0v) is 17.7. The first-order chi connectivity index (χ1) is 15.2. The van der Waals surface area contributed by atoms with Crippen molar-refractivity contribution in [3.63, 3.8) is 0 Å². The van der Waals surface area contributed by atoms with Gasteiger partial charge in [0.05, 0.1) is 7.11 Å². The molecule has 0 aromatic heterocycles. The van der Waals surface area contributed by atoms with Crippen LogP contribution in [0.25, 0.3) is 17.2 Å². The molecule has 3 aromatic carbocycles.